The van der Waals surface area contributed by atoms with Crippen LogP contribution in [-0.2, 0) is 0 Å². The highest BCUT2D eigenvalue weighted by Gasteiger charge is 2.36. The van der Waals surface area contributed by atoms with E-state index in [1.807, 2.05) is 6.07 Å². The monoisotopic (exact) mass is 518 g/mol. The lowest BCUT2D eigenvalue weighted by molar-refractivity contribution is 1.07. The molecule has 0 saturated carbocycles. The Bertz CT molecular complexity index is 2060. The highest BCUT2D eigenvalue weighted by Crippen LogP contribution is 2.67. The zero-order valence-corrected chi connectivity index (χ0v) is 22.7. The molecule has 0 saturated heterocycles. The van der Waals surface area contributed by atoms with Gasteiger partial charge in [-0.25, -0.2) is 9.97 Å². The summed E-state index contributed by atoms with van der Waals surface area (Å²) in [6.45, 7) is 0. The van der Waals surface area contributed by atoms with E-state index in [1.165, 1.54) is 53.4 Å². The molecule has 0 spiro atoms. The first-order valence-corrected chi connectivity index (χ1v) is 15.7. The van der Waals surface area contributed by atoms with Gasteiger partial charge in [0.05, 0.1) is 10.7 Å². The number of fused-ring (bicyclic) bond motifs is 9. The van der Waals surface area contributed by atoms with Crippen molar-refractivity contribution in [2.45, 2.75) is 9.92 Å². The number of hydrogen-bond acceptors (Lipinski definition) is 2. The first-order valence-electron chi connectivity index (χ1n) is 13.2. The maximum absolute atomic E-state index is 5.30. The van der Waals surface area contributed by atoms with Gasteiger partial charge in [-0.05, 0) is 62.5 Å². The Labute approximate surface area is 229 Å². The van der Waals surface area contributed by atoms with Gasteiger partial charge in [-0.2, -0.15) is 10.0 Å². The standard InChI is InChI=1S/C36H26N2S/c1-39(2)32-19-11-10-18-30(32)33-34(37-35(38-36(33)39)23-12-4-3-5-13-23)24-20-21-29-27-16-7-6-14-25(27)26-15-8-9-17-28(26)31(29)22-24/h3-22H,1-2H3. The molecule has 0 atom stereocenters. The lowest BCUT2D eigenvalue weighted by atomic mass is 9.92. The molecule has 186 valence electrons. The quantitative estimate of drug-likeness (QED) is 0.168. The van der Waals surface area contributed by atoms with Gasteiger partial charge in [0.25, 0.3) is 0 Å². The summed E-state index contributed by atoms with van der Waals surface area (Å²) in [4.78, 5) is 11.9. The third-order valence-corrected chi connectivity index (χ3v) is 10.8. The van der Waals surface area contributed by atoms with Crippen LogP contribution in [0.1, 0.15) is 0 Å². The number of hydrogen-bond donors (Lipinski definition) is 0. The van der Waals surface area contributed by atoms with Crippen molar-refractivity contribution < 1.29 is 0 Å². The molecule has 0 radical (unpaired) electrons. The Hall–Kier alpha value is -4.47. The molecule has 0 fully saturated rings. The molecule has 1 aromatic heterocycles. The number of nitrogens with zero attached hydrogens (tertiary/aromatic N) is 2. The zero-order valence-electron chi connectivity index (χ0n) is 21.8. The molecule has 6 aromatic carbocycles. The van der Waals surface area contributed by atoms with Crippen LogP contribution in [-0.4, -0.2) is 22.5 Å². The van der Waals surface area contributed by atoms with Gasteiger partial charge in [-0.1, -0.05) is 109 Å². The van der Waals surface area contributed by atoms with Crippen molar-refractivity contribution in [1.82, 2.24) is 9.97 Å². The van der Waals surface area contributed by atoms with E-state index in [2.05, 4.69) is 128 Å². The summed E-state index contributed by atoms with van der Waals surface area (Å²) in [7, 11) is -1.28. The van der Waals surface area contributed by atoms with Crippen LogP contribution < -0.4 is 0 Å². The first kappa shape index (κ1) is 22.5. The van der Waals surface area contributed by atoms with Gasteiger partial charge in [0.1, 0.15) is 0 Å². The molecule has 7 aromatic rings. The molecule has 1 aliphatic heterocycles. The molecule has 0 unspecified atom stereocenters. The predicted molar refractivity (Wildman–Crippen MR) is 167 cm³/mol. The molecule has 2 nitrogen and oxygen atoms in total. The van der Waals surface area contributed by atoms with Crippen LogP contribution in [0.15, 0.2) is 131 Å². The highest BCUT2D eigenvalue weighted by atomic mass is 32.3. The third-order valence-electron chi connectivity index (χ3n) is 8.12. The minimum Gasteiger partial charge on any atom is -0.227 e. The predicted octanol–water partition coefficient (Wildman–Crippen LogP) is 9.73. The minimum atomic E-state index is -1.28. The van der Waals surface area contributed by atoms with Crippen LogP contribution in [0.3, 0.4) is 0 Å². The van der Waals surface area contributed by atoms with E-state index in [9.17, 15) is 0 Å². The Balaban J connectivity index is 1.49. The van der Waals surface area contributed by atoms with Crippen molar-refractivity contribution in [3.8, 4) is 33.8 Å². The summed E-state index contributed by atoms with van der Waals surface area (Å²) in [5.41, 5.74) is 5.65. The van der Waals surface area contributed by atoms with E-state index in [0.29, 0.717) is 0 Å². The number of aromatic nitrogens is 2. The third kappa shape index (κ3) is 3.23. The summed E-state index contributed by atoms with van der Waals surface area (Å²) < 4.78 is 0. The Morgan fingerprint density at radius 3 is 1.74 bits per heavy atom. The average Bonchev–Trinajstić information content (AvgIpc) is 3.23. The fourth-order valence-corrected chi connectivity index (χ4v) is 8.63. The molecular formula is C36H26N2S. The van der Waals surface area contributed by atoms with Crippen LogP contribution in [0.2, 0.25) is 0 Å². The van der Waals surface area contributed by atoms with Crippen molar-refractivity contribution in [2.75, 3.05) is 12.5 Å². The van der Waals surface area contributed by atoms with Crippen LogP contribution >= 0.6 is 10.0 Å². The second kappa shape index (κ2) is 8.26. The lowest BCUT2D eigenvalue weighted by Crippen LogP contribution is -2.01. The van der Waals surface area contributed by atoms with Gasteiger partial charge >= 0.3 is 0 Å². The molecular weight excluding hydrogens is 492 g/mol. The van der Waals surface area contributed by atoms with E-state index in [-0.39, 0.29) is 0 Å². The van der Waals surface area contributed by atoms with Gasteiger partial charge in [0.2, 0.25) is 0 Å². The van der Waals surface area contributed by atoms with Gasteiger partial charge in [0, 0.05) is 21.6 Å². The van der Waals surface area contributed by atoms with Gasteiger partial charge < -0.3 is 0 Å². The minimum absolute atomic E-state index is 0.793. The zero-order chi connectivity index (χ0) is 26.1. The summed E-state index contributed by atoms with van der Waals surface area (Å²) in [5, 5.41) is 8.84. The Morgan fingerprint density at radius 2 is 1.05 bits per heavy atom. The second-order valence-corrected chi connectivity index (χ2v) is 14.1. The summed E-state index contributed by atoms with van der Waals surface area (Å²) in [6.07, 6.45) is 4.73. The maximum atomic E-state index is 5.30. The van der Waals surface area contributed by atoms with E-state index < -0.39 is 10.0 Å². The molecule has 3 heteroatoms. The highest BCUT2D eigenvalue weighted by molar-refractivity contribution is 8.33. The Morgan fingerprint density at radius 1 is 0.487 bits per heavy atom. The maximum Gasteiger partial charge on any atom is 0.161 e. The summed E-state index contributed by atoms with van der Waals surface area (Å²) in [6, 6.07) is 43.6. The molecule has 2 heterocycles. The molecule has 0 bridgehead atoms. The van der Waals surface area contributed by atoms with Crippen LogP contribution in [0, 0.1) is 0 Å². The van der Waals surface area contributed by atoms with Crippen molar-refractivity contribution in [2.24, 2.45) is 0 Å². The van der Waals surface area contributed by atoms with Crippen molar-refractivity contribution in [1.29, 1.82) is 0 Å². The van der Waals surface area contributed by atoms with Crippen molar-refractivity contribution >= 4 is 42.3 Å². The van der Waals surface area contributed by atoms with E-state index in [0.717, 1.165) is 22.6 Å². The summed E-state index contributed by atoms with van der Waals surface area (Å²) in [5.74, 6) is 0.793. The molecule has 0 amide bonds. The van der Waals surface area contributed by atoms with E-state index in [1.54, 1.807) is 0 Å². The largest absolute Gasteiger partial charge is 0.227 e. The SMILES string of the molecule is CS1(C)c2ccccc2-c2c(-c3ccc4c5ccccc5c5ccccc5c4c3)nc(-c3ccccc3)nc21. The van der Waals surface area contributed by atoms with E-state index in [4.69, 9.17) is 9.97 Å². The van der Waals surface area contributed by atoms with Crippen LogP contribution in [0.25, 0.3) is 66.1 Å². The molecule has 1 aliphatic rings. The van der Waals surface area contributed by atoms with Gasteiger partial charge in [-0.15, -0.1) is 0 Å². The number of rotatable bonds is 2. The van der Waals surface area contributed by atoms with Crippen molar-refractivity contribution in [3.05, 3.63) is 121 Å². The molecule has 39 heavy (non-hydrogen) atoms. The molecule has 8 rings (SSSR count). The fraction of sp³-hybridized carbons (Fsp3) is 0.0556. The fourth-order valence-electron chi connectivity index (χ4n) is 6.25. The van der Waals surface area contributed by atoms with Gasteiger partial charge in [0.15, 0.2) is 5.82 Å². The Kier molecular flexibility index (Phi) is 4.77. The topological polar surface area (TPSA) is 25.8 Å². The normalized spacial score (nSPS) is 14.4. The van der Waals surface area contributed by atoms with Gasteiger partial charge in [-0.3, -0.25) is 0 Å². The first-order chi connectivity index (χ1) is 19.1. The van der Waals surface area contributed by atoms with Crippen LogP contribution in [0.5, 0.6) is 0 Å². The molecule has 0 N–H and O–H groups in total. The van der Waals surface area contributed by atoms with Crippen LogP contribution in [0.4, 0.5) is 0 Å². The number of benzene rings is 6. The lowest BCUT2D eigenvalue weighted by Gasteiger charge is -2.27. The van der Waals surface area contributed by atoms with E-state index >= 15 is 0 Å². The van der Waals surface area contributed by atoms with Crippen molar-refractivity contribution in [3.63, 3.8) is 0 Å². The smallest absolute Gasteiger partial charge is 0.161 e. The second-order valence-electron chi connectivity index (χ2n) is 10.6. The summed E-state index contributed by atoms with van der Waals surface area (Å²) >= 11 is 0. The average molecular weight is 519 g/mol. The molecule has 0 aliphatic carbocycles.